The van der Waals surface area contributed by atoms with E-state index in [1.54, 1.807) is 13.0 Å². The van der Waals surface area contributed by atoms with Crippen molar-refractivity contribution in [3.05, 3.63) is 63.6 Å². The smallest absolute Gasteiger partial charge is 0.244 e. The van der Waals surface area contributed by atoms with E-state index in [2.05, 4.69) is 21.2 Å². The van der Waals surface area contributed by atoms with E-state index < -0.39 is 28.5 Å². The Balaban J connectivity index is 2.39. The van der Waals surface area contributed by atoms with Gasteiger partial charge in [-0.25, -0.2) is 8.42 Å². The van der Waals surface area contributed by atoms with E-state index in [0.29, 0.717) is 12.2 Å². The highest BCUT2D eigenvalue weighted by Crippen LogP contribution is 2.24. The van der Waals surface area contributed by atoms with Crippen LogP contribution in [0.15, 0.2) is 46.9 Å². The number of amides is 2. The van der Waals surface area contributed by atoms with Gasteiger partial charge in [0.25, 0.3) is 0 Å². The normalized spacial score (nSPS) is 12.2. The van der Waals surface area contributed by atoms with Gasteiger partial charge >= 0.3 is 0 Å². The average molecular weight is 539 g/mol. The second-order valence-electron chi connectivity index (χ2n) is 8.17. The zero-order valence-electron chi connectivity index (χ0n) is 19.8. The van der Waals surface area contributed by atoms with Crippen molar-refractivity contribution in [1.82, 2.24) is 10.2 Å². The number of aryl methyl sites for hydroxylation is 2. The Morgan fingerprint density at radius 2 is 1.73 bits per heavy atom. The summed E-state index contributed by atoms with van der Waals surface area (Å²) >= 11 is 3.40. The van der Waals surface area contributed by atoms with Crippen molar-refractivity contribution >= 4 is 43.5 Å². The summed E-state index contributed by atoms with van der Waals surface area (Å²) in [6, 6.07) is 12.1. The maximum Gasteiger partial charge on any atom is 0.244 e. The zero-order chi connectivity index (χ0) is 24.8. The van der Waals surface area contributed by atoms with E-state index in [4.69, 9.17) is 0 Å². The summed E-state index contributed by atoms with van der Waals surface area (Å²) in [5, 5.41) is 2.82. The highest BCUT2D eigenvalue weighted by molar-refractivity contribution is 9.10. The Hall–Kier alpha value is -2.39. The number of nitrogens with zero attached hydrogens (tertiary/aromatic N) is 2. The van der Waals surface area contributed by atoms with Crippen LogP contribution < -0.4 is 9.62 Å². The number of carbonyl (C=O) groups is 2. The fourth-order valence-electron chi connectivity index (χ4n) is 3.45. The summed E-state index contributed by atoms with van der Waals surface area (Å²) in [6.45, 7) is 7.62. The van der Waals surface area contributed by atoms with Crippen molar-refractivity contribution < 1.29 is 18.0 Å². The predicted molar refractivity (Wildman–Crippen MR) is 136 cm³/mol. The first kappa shape index (κ1) is 26.9. The standard InChI is InChI=1S/C24H32BrN3O4S/c1-6-13-26-24(30)19(4)27(15-20-8-10-21(25)11-9-20)23(29)16-28(33(5,31)32)22-12-7-17(2)14-18(22)3/h7-12,14,19H,6,13,15-16H2,1-5H3,(H,26,30)/t19-/m1/s1. The number of sulfonamides is 1. The van der Waals surface area contributed by atoms with Crippen LogP contribution in [0.4, 0.5) is 5.69 Å². The summed E-state index contributed by atoms with van der Waals surface area (Å²) in [6.07, 6.45) is 1.85. The van der Waals surface area contributed by atoms with Crippen LogP contribution in [0.25, 0.3) is 0 Å². The third-order valence-corrected chi connectivity index (χ3v) is 6.94. The molecule has 0 unspecified atom stereocenters. The summed E-state index contributed by atoms with van der Waals surface area (Å²) in [4.78, 5) is 27.6. The van der Waals surface area contributed by atoms with Crippen molar-refractivity contribution in [2.75, 3.05) is 23.7 Å². The highest BCUT2D eigenvalue weighted by atomic mass is 79.9. The van der Waals surface area contributed by atoms with Gasteiger partial charge in [0.15, 0.2) is 0 Å². The van der Waals surface area contributed by atoms with Gasteiger partial charge in [-0.15, -0.1) is 0 Å². The Labute approximate surface area is 205 Å². The highest BCUT2D eigenvalue weighted by Gasteiger charge is 2.30. The monoisotopic (exact) mass is 537 g/mol. The molecule has 0 heterocycles. The van der Waals surface area contributed by atoms with E-state index in [1.165, 1.54) is 4.90 Å². The topological polar surface area (TPSA) is 86.8 Å². The van der Waals surface area contributed by atoms with Gasteiger partial charge in [0.05, 0.1) is 11.9 Å². The number of nitrogens with one attached hydrogen (secondary N) is 1. The molecule has 33 heavy (non-hydrogen) atoms. The van der Waals surface area contributed by atoms with Gasteiger partial charge in [0, 0.05) is 17.6 Å². The number of halogens is 1. The van der Waals surface area contributed by atoms with Crippen molar-refractivity contribution in [3.63, 3.8) is 0 Å². The molecule has 0 aliphatic rings. The van der Waals surface area contributed by atoms with E-state index in [9.17, 15) is 18.0 Å². The molecule has 2 amide bonds. The van der Waals surface area contributed by atoms with Gasteiger partial charge < -0.3 is 10.2 Å². The molecule has 0 radical (unpaired) electrons. The van der Waals surface area contributed by atoms with Crippen LogP contribution >= 0.6 is 15.9 Å². The molecule has 0 aliphatic carbocycles. The maximum atomic E-state index is 13.5. The SMILES string of the molecule is CCCNC(=O)[C@@H](C)N(Cc1ccc(Br)cc1)C(=O)CN(c1ccc(C)cc1C)S(C)(=O)=O. The maximum absolute atomic E-state index is 13.5. The molecule has 0 saturated heterocycles. The van der Waals surface area contributed by atoms with Gasteiger partial charge in [0.1, 0.15) is 12.6 Å². The molecule has 0 saturated carbocycles. The van der Waals surface area contributed by atoms with Crippen LogP contribution in [0, 0.1) is 13.8 Å². The Morgan fingerprint density at radius 1 is 1.09 bits per heavy atom. The fraction of sp³-hybridized carbons (Fsp3) is 0.417. The molecule has 0 spiro atoms. The largest absolute Gasteiger partial charge is 0.354 e. The Bertz CT molecular complexity index is 1090. The molecule has 0 aliphatic heterocycles. The summed E-state index contributed by atoms with van der Waals surface area (Å²) in [5.74, 6) is -0.734. The molecular weight excluding hydrogens is 506 g/mol. The minimum absolute atomic E-state index is 0.178. The van der Waals surface area contributed by atoms with Gasteiger partial charge in [-0.05, 0) is 56.5 Å². The number of carbonyl (C=O) groups excluding carboxylic acids is 2. The van der Waals surface area contributed by atoms with E-state index in [-0.39, 0.29) is 12.5 Å². The van der Waals surface area contributed by atoms with Crippen LogP contribution in [0.1, 0.15) is 37.0 Å². The first-order chi connectivity index (χ1) is 15.4. The van der Waals surface area contributed by atoms with Crippen LogP contribution in [0.5, 0.6) is 0 Å². The summed E-state index contributed by atoms with van der Waals surface area (Å²) < 4.78 is 27.3. The van der Waals surface area contributed by atoms with Crippen molar-refractivity contribution in [2.45, 2.75) is 46.7 Å². The Kier molecular flexibility index (Phi) is 9.48. The molecule has 1 atom stereocenters. The van der Waals surface area contributed by atoms with Crippen LogP contribution in [-0.2, 0) is 26.2 Å². The van der Waals surface area contributed by atoms with Gasteiger partial charge in [-0.2, -0.15) is 0 Å². The number of rotatable bonds is 10. The average Bonchev–Trinajstić information content (AvgIpc) is 2.74. The van der Waals surface area contributed by atoms with Gasteiger partial charge in [-0.1, -0.05) is 52.7 Å². The minimum Gasteiger partial charge on any atom is -0.354 e. The molecule has 0 fully saturated rings. The molecule has 7 nitrogen and oxygen atoms in total. The molecular formula is C24H32BrN3O4S. The third kappa shape index (κ3) is 7.57. The van der Waals surface area contributed by atoms with E-state index >= 15 is 0 Å². The molecule has 2 aromatic carbocycles. The fourth-order valence-corrected chi connectivity index (χ4v) is 4.62. The first-order valence-corrected chi connectivity index (χ1v) is 13.4. The van der Waals surface area contributed by atoms with Gasteiger partial charge in [0.2, 0.25) is 21.8 Å². The Morgan fingerprint density at radius 3 is 2.27 bits per heavy atom. The second kappa shape index (κ2) is 11.7. The summed E-state index contributed by atoms with van der Waals surface area (Å²) in [7, 11) is -3.74. The predicted octanol–water partition coefficient (Wildman–Crippen LogP) is 3.78. The quantitative estimate of drug-likeness (QED) is 0.499. The van der Waals surface area contributed by atoms with Gasteiger partial charge in [-0.3, -0.25) is 13.9 Å². The molecule has 9 heteroatoms. The second-order valence-corrected chi connectivity index (χ2v) is 11.0. The zero-order valence-corrected chi connectivity index (χ0v) is 22.2. The lowest BCUT2D eigenvalue weighted by molar-refractivity contribution is -0.139. The van der Waals surface area contributed by atoms with E-state index in [0.717, 1.165) is 38.1 Å². The van der Waals surface area contributed by atoms with Crippen LogP contribution in [0.2, 0.25) is 0 Å². The van der Waals surface area contributed by atoms with Crippen molar-refractivity contribution in [2.24, 2.45) is 0 Å². The van der Waals surface area contributed by atoms with Crippen molar-refractivity contribution in [3.8, 4) is 0 Å². The minimum atomic E-state index is -3.74. The molecule has 2 rings (SSSR count). The van der Waals surface area contributed by atoms with Crippen LogP contribution in [0.3, 0.4) is 0 Å². The summed E-state index contributed by atoms with van der Waals surface area (Å²) in [5.41, 5.74) is 3.03. The molecule has 0 bridgehead atoms. The first-order valence-electron chi connectivity index (χ1n) is 10.8. The molecule has 1 N–H and O–H groups in total. The lowest BCUT2D eigenvalue weighted by Crippen LogP contribution is -2.51. The lowest BCUT2D eigenvalue weighted by Gasteiger charge is -2.32. The van der Waals surface area contributed by atoms with Crippen molar-refractivity contribution in [1.29, 1.82) is 0 Å². The van der Waals surface area contributed by atoms with Crippen LogP contribution in [-0.4, -0.2) is 50.5 Å². The third-order valence-electron chi connectivity index (χ3n) is 5.28. The molecule has 0 aromatic heterocycles. The number of hydrogen-bond acceptors (Lipinski definition) is 4. The molecule has 180 valence electrons. The number of anilines is 1. The van der Waals surface area contributed by atoms with E-state index in [1.807, 2.05) is 57.2 Å². The number of benzene rings is 2. The number of hydrogen-bond donors (Lipinski definition) is 1. The lowest BCUT2D eigenvalue weighted by atomic mass is 10.1. The molecule has 2 aromatic rings.